The van der Waals surface area contributed by atoms with Crippen LogP contribution in [0.2, 0.25) is 0 Å². The SMILES string of the molecule is CC/C=C\C/C=C\C/C=C\C/C=C\CCCCCCCCCCCCCCCCC(=O)NC(COC1OC(CO)C(OC2OC(CO)C(O)C(O)C2O)C(O)C1O)C(O)CCCCCCCCCCCCCCCCCC. The summed E-state index contributed by atoms with van der Waals surface area (Å²) in [6.07, 6.45) is 43.9. The van der Waals surface area contributed by atoms with Crippen molar-refractivity contribution < 1.29 is 64.6 Å². The van der Waals surface area contributed by atoms with E-state index in [0.29, 0.717) is 12.8 Å². The number of carbonyl (C=O) groups is 1. The largest absolute Gasteiger partial charge is 0.394 e. The zero-order valence-corrected chi connectivity index (χ0v) is 48.5. The summed E-state index contributed by atoms with van der Waals surface area (Å²) in [7, 11) is 0. The number of hydrogen-bond donors (Lipinski definition) is 9. The van der Waals surface area contributed by atoms with Gasteiger partial charge in [0.1, 0.15) is 48.8 Å². The lowest BCUT2D eigenvalue weighted by Gasteiger charge is -2.46. The van der Waals surface area contributed by atoms with Gasteiger partial charge in [0.2, 0.25) is 5.91 Å². The number of aliphatic hydroxyl groups excluding tert-OH is 8. The van der Waals surface area contributed by atoms with Crippen LogP contribution < -0.4 is 5.32 Å². The van der Waals surface area contributed by atoms with Crippen LogP contribution in [0.25, 0.3) is 0 Å². The average molecular weight is 1090 g/mol. The van der Waals surface area contributed by atoms with Crippen molar-refractivity contribution in [2.24, 2.45) is 0 Å². The first-order valence-corrected chi connectivity index (χ1v) is 31.4. The molecule has 2 fully saturated rings. The highest BCUT2D eigenvalue weighted by molar-refractivity contribution is 5.76. The minimum absolute atomic E-state index is 0.207. The highest BCUT2D eigenvalue weighted by Crippen LogP contribution is 2.30. The molecular formula is C63H115NO13. The molecule has 9 N–H and O–H groups in total. The van der Waals surface area contributed by atoms with Crippen LogP contribution in [0.1, 0.15) is 251 Å². The van der Waals surface area contributed by atoms with E-state index in [2.05, 4.69) is 67.8 Å². The molecule has 0 aromatic heterocycles. The van der Waals surface area contributed by atoms with Crippen molar-refractivity contribution in [1.82, 2.24) is 5.32 Å². The Morgan fingerprint density at radius 3 is 1.38 bits per heavy atom. The van der Waals surface area contributed by atoms with E-state index in [1.54, 1.807) is 0 Å². The molecule has 0 aliphatic carbocycles. The fourth-order valence-electron chi connectivity index (χ4n) is 10.3. The number of aliphatic hydroxyl groups is 8. The van der Waals surface area contributed by atoms with E-state index < -0.39 is 86.8 Å². The van der Waals surface area contributed by atoms with Crippen LogP contribution in [-0.4, -0.2) is 140 Å². The smallest absolute Gasteiger partial charge is 0.220 e. The van der Waals surface area contributed by atoms with E-state index in [1.165, 1.54) is 148 Å². The van der Waals surface area contributed by atoms with Crippen molar-refractivity contribution in [3.8, 4) is 0 Å². The van der Waals surface area contributed by atoms with Crippen LogP contribution in [0.4, 0.5) is 0 Å². The predicted molar refractivity (Wildman–Crippen MR) is 309 cm³/mol. The van der Waals surface area contributed by atoms with Gasteiger partial charge >= 0.3 is 0 Å². The molecule has 2 rings (SSSR count). The van der Waals surface area contributed by atoms with Gasteiger partial charge in [0.25, 0.3) is 0 Å². The second-order valence-corrected chi connectivity index (χ2v) is 22.2. The molecule has 14 nitrogen and oxygen atoms in total. The number of amides is 1. The minimum atomic E-state index is -1.78. The maximum Gasteiger partial charge on any atom is 0.220 e. The molecule has 450 valence electrons. The summed E-state index contributed by atoms with van der Waals surface area (Å²) in [6.45, 7) is 2.77. The van der Waals surface area contributed by atoms with Crippen LogP contribution in [0.15, 0.2) is 48.6 Å². The summed E-state index contributed by atoms with van der Waals surface area (Å²) in [6, 6.07) is -0.830. The predicted octanol–water partition coefficient (Wildman–Crippen LogP) is 11.2. The Hall–Kier alpha value is -2.05. The fourth-order valence-corrected chi connectivity index (χ4v) is 10.3. The zero-order chi connectivity index (χ0) is 56.0. The summed E-state index contributed by atoms with van der Waals surface area (Å²) in [4.78, 5) is 13.3. The second kappa shape index (κ2) is 48.6. The lowest BCUT2D eigenvalue weighted by atomic mass is 9.97. The normalized spacial score (nSPS) is 25.0. The van der Waals surface area contributed by atoms with Crippen molar-refractivity contribution in [1.29, 1.82) is 0 Å². The van der Waals surface area contributed by atoms with Gasteiger partial charge in [0.05, 0.1) is 32.0 Å². The number of rotatable bonds is 50. The number of allylic oxidation sites excluding steroid dienone is 8. The van der Waals surface area contributed by atoms with E-state index in [-0.39, 0.29) is 12.5 Å². The van der Waals surface area contributed by atoms with Gasteiger partial charge in [-0.3, -0.25) is 4.79 Å². The Kier molecular flexibility index (Phi) is 44.9. The van der Waals surface area contributed by atoms with Gasteiger partial charge in [0, 0.05) is 6.42 Å². The first-order valence-electron chi connectivity index (χ1n) is 31.4. The van der Waals surface area contributed by atoms with Crippen LogP contribution >= 0.6 is 0 Å². The van der Waals surface area contributed by atoms with Gasteiger partial charge in [-0.15, -0.1) is 0 Å². The van der Waals surface area contributed by atoms with Crippen molar-refractivity contribution in [2.45, 2.75) is 325 Å². The number of hydrogen-bond acceptors (Lipinski definition) is 13. The van der Waals surface area contributed by atoms with Gasteiger partial charge in [-0.05, 0) is 51.4 Å². The van der Waals surface area contributed by atoms with Crippen molar-refractivity contribution >= 4 is 5.91 Å². The lowest BCUT2D eigenvalue weighted by Crippen LogP contribution is -2.65. The van der Waals surface area contributed by atoms with E-state index in [1.807, 2.05) is 0 Å². The summed E-state index contributed by atoms with van der Waals surface area (Å²) in [5.74, 6) is -0.207. The van der Waals surface area contributed by atoms with E-state index in [0.717, 1.165) is 77.0 Å². The zero-order valence-electron chi connectivity index (χ0n) is 48.5. The summed E-state index contributed by atoms with van der Waals surface area (Å²) < 4.78 is 22.9. The van der Waals surface area contributed by atoms with Crippen LogP contribution in [0.3, 0.4) is 0 Å². The molecule has 2 heterocycles. The molecule has 2 aliphatic heterocycles. The molecule has 12 unspecified atom stereocenters. The molecule has 1 amide bonds. The number of ether oxygens (including phenoxy) is 4. The maximum atomic E-state index is 13.3. The molecule has 0 spiro atoms. The number of unbranched alkanes of at least 4 members (excludes halogenated alkanes) is 29. The highest BCUT2D eigenvalue weighted by atomic mass is 16.7. The summed E-state index contributed by atoms with van der Waals surface area (Å²) >= 11 is 0. The first-order chi connectivity index (χ1) is 37.6. The molecule has 77 heavy (non-hydrogen) atoms. The van der Waals surface area contributed by atoms with Gasteiger partial charge in [0.15, 0.2) is 12.6 Å². The molecule has 14 heteroatoms. The Morgan fingerprint density at radius 2 is 0.896 bits per heavy atom. The molecular weight excluding hydrogens is 979 g/mol. The molecule has 0 aromatic rings. The summed E-state index contributed by atoms with van der Waals surface area (Å²) in [5.41, 5.74) is 0. The third-order valence-electron chi connectivity index (χ3n) is 15.3. The highest BCUT2D eigenvalue weighted by Gasteiger charge is 2.51. The quantitative estimate of drug-likeness (QED) is 0.0204. The van der Waals surface area contributed by atoms with Gasteiger partial charge in [-0.25, -0.2) is 0 Å². The Morgan fingerprint density at radius 1 is 0.481 bits per heavy atom. The molecule has 0 radical (unpaired) electrons. The standard InChI is InChI=1S/C63H115NO13/c1-3-5-7-9-11-13-15-17-19-21-22-23-24-25-26-27-28-29-30-31-33-35-37-39-41-43-45-47-55(68)64-51(52(67)46-44-42-40-38-36-34-32-20-18-16-14-12-10-8-6-4-2)50-74-62-60(73)58(71)61(54(49-66)76-62)77-63-59(72)57(70)56(69)53(48-65)75-63/h5,7,11,13,17,19,22-23,51-54,56-63,65-67,69-73H,3-4,6,8-10,12,14-16,18,20-21,24-50H2,1-2H3,(H,64,68)/b7-5-,13-11-,19-17-,23-22-. The van der Waals surface area contributed by atoms with Gasteiger partial charge in [-0.2, -0.15) is 0 Å². The number of carbonyl (C=O) groups excluding carboxylic acids is 1. The van der Waals surface area contributed by atoms with Crippen molar-refractivity contribution in [3.63, 3.8) is 0 Å². The molecule has 12 atom stereocenters. The molecule has 2 saturated heterocycles. The monoisotopic (exact) mass is 1090 g/mol. The van der Waals surface area contributed by atoms with Gasteiger partial charge in [-0.1, -0.05) is 242 Å². The Balaban J connectivity index is 1.70. The van der Waals surface area contributed by atoms with Crippen molar-refractivity contribution in [2.75, 3.05) is 19.8 Å². The lowest BCUT2D eigenvalue weighted by molar-refractivity contribution is -0.359. The first kappa shape index (κ1) is 71.1. The van der Waals surface area contributed by atoms with Crippen LogP contribution in [0.5, 0.6) is 0 Å². The molecule has 2 aliphatic rings. The second-order valence-electron chi connectivity index (χ2n) is 22.2. The summed E-state index contributed by atoms with van der Waals surface area (Å²) in [5, 5.41) is 87.3. The van der Waals surface area contributed by atoms with E-state index in [9.17, 15) is 45.6 Å². The number of nitrogens with one attached hydrogen (secondary N) is 1. The average Bonchev–Trinajstić information content (AvgIpc) is 3.43. The Labute approximate surface area is 467 Å². The molecule has 0 bridgehead atoms. The van der Waals surface area contributed by atoms with E-state index in [4.69, 9.17) is 18.9 Å². The Bertz CT molecular complexity index is 1480. The third-order valence-corrected chi connectivity index (χ3v) is 15.3. The van der Waals surface area contributed by atoms with Gasteiger partial charge < -0.3 is 65.1 Å². The van der Waals surface area contributed by atoms with Crippen LogP contribution in [-0.2, 0) is 23.7 Å². The van der Waals surface area contributed by atoms with Crippen LogP contribution in [0, 0.1) is 0 Å². The maximum absolute atomic E-state index is 13.3. The minimum Gasteiger partial charge on any atom is -0.394 e. The van der Waals surface area contributed by atoms with E-state index >= 15 is 0 Å². The topological polar surface area (TPSA) is 228 Å². The fraction of sp³-hybridized carbons (Fsp3) is 0.857. The third kappa shape index (κ3) is 34.1. The van der Waals surface area contributed by atoms with Crippen molar-refractivity contribution in [3.05, 3.63) is 48.6 Å². The molecule has 0 saturated carbocycles. The molecule has 0 aromatic carbocycles.